The Bertz CT molecular complexity index is 1970. The molecule has 0 atom stereocenters. The fourth-order valence-electron chi connectivity index (χ4n) is 5.27. The maximum atomic E-state index is 15.0. The number of hydrogen-bond acceptors (Lipinski definition) is 6. The van der Waals surface area contributed by atoms with Crippen molar-refractivity contribution < 1.29 is 18.3 Å². The van der Waals surface area contributed by atoms with E-state index in [4.69, 9.17) is 4.74 Å². The number of benzene rings is 3. The van der Waals surface area contributed by atoms with Crippen LogP contribution in [-0.2, 0) is 17.8 Å². The monoisotopic (exact) mass is 661 g/mol. The third-order valence-electron chi connectivity index (χ3n) is 7.56. The summed E-state index contributed by atoms with van der Waals surface area (Å²) in [6, 6.07) is 18.9. The number of fused-ring (bicyclic) bond motifs is 1. The molecule has 5 aromatic rings. The number of likely N-dealkylation sites (N-methyl/N-ethyl adjacent to an activating group) is 1. The van der Waals surface area contributed by atoms with Crippen molar-refractivity contribution in [1.82, 2.24) is 19.4 Å². The molecule has 2 heterocycles. The van der Waals surface area contributed by atoms with Crippen molar-refractivity contribution in [3.63, 3.8) is 0 Å². The molecule has 9 nitrogen and oxygen atoms in total. The van der Waals surface area contributed by atoms with Crippen LogP contribution in [0.2, 0.25) is 0 Å². The molecular weight excluding hydrogens is 624 g/mol. The predicted molar refractivity (Wildman–Crippen MR) is 183 cm³/mol. The van der Waals surface area contributed by atoms with Gasteiger partial charge in [-0.2, -0.15) is 0 Å². The van der Waals surface area contributed by atoms with Gasteiger partial charge < -0.3 is 15.4 Å². The van der Waals surface area contributed by atoms with E-state index in [0.717, 1.165) is 22.3 Å². The fourth-order valence-corrected chi connectivity index (χ4v) is 6.57. The van der Waals surface area contributed by atoms with Crippen molar-refractivity contribution in [2.45, 2.75) is 40.0 Å². The summed E-state index contributed by atoms with van der Waals surface area (Å²) in [7, 11) is 1.91. The molecule has 2 aromatic heterocycles. The number of nitrogens with one attached hydrogen (secondary N) is 2. The first-order valence-corrected chi connectivity index (χ1v) is 16.2. The zero-order chi connectivity index (χ0) is 33.7. The van der Waals surface area contributed by atoms with E-state index in [2.05, 4.69) is 10.6 Å². The van der Waals surface area contributed by atoms with Gasteiger partial charge in [0.15, 0.2) is 0 Å². The Labute approximate surface area is 275 Å². The summed E-state index contributed by atoms with van der Waals surface area (Å²) in [6.45, 7) is 7.15. The van der Waals surface area contributed by atoms with E-state index >= 15 is 0 Å². The second-order valence-corrected chi connectivity index (χ2v) is 12.4. The summed E-state index contributed by atoms with van der Waals surface area (Å²) < 4.78 is 38.0. The highest BCUT2D eigenvalue weighted by Gasteiger charge is 2.25. The van der Waals surface area contributed by atoms with Gasteiger partial charge in [0.25, 0.3) is 5.56 Å². The van der Waals surface area contributed by atoms with Crippen LogP contribution >= 0.6 is 11.3 Å². The van der Waals surface area contributed by atoms with Crippen LogP contribution in [0.3, 0.4) is 0 Å². The number of para-hydroxylation sites is 1. The van der Waals surface area contributed by atoms with Gasteiger partial charge >= 0.3 is 11.7 Å². The molecule has 2 N–H and O–H groups in total. The van der Waals surface area contributed by atoms with Gasteiger partial charge in [-0.05, 0) is 75.3 Å². The van der Waals surface area contributed by atoms with Crippen molar-refractivity contribution >= 4 is 33.3 Å². The van der Waals surface area contributed by atoms with Crippen molar-refractivity contribution in [2.24, 2.45) is 0 Å². The maximum Gasteiger partial charge on any atom is 0.337 e. The molecule has 0 spiro atoms. The molecule has 246 valence electrons. The van der Waals surface area contributed by atoms with Crippen LogP contribution in [0.25, 0.3) is 26.3 Å². The number of aromatic nitrogens is 2. The fraction of sp³-hybridized carbons (Fsp3) is 0.286. The molecule has 2 amide bonds. The number of halogens is 2. The first-order chi connectivity index (χ1) is 22.6. The van der Waals surface area contributed by atoms with Crippen LogP contribution in [0.4, 0.5) is 19.3 Å². The first kappa shape index (κ1) is 33.7. The maximum absolute atomic E-state index is 15.0. The van der Waals surface area contributed by atoms with E-state index in [1.165, 1.54) is 22.0 Å². The number of amides is 2. The average Bonchev–Trinajstić information content (AvgIpc) is 3.40. The highest BCUT2D eigenvalue weighted by Crippen LogP contribution is 2.38. The zero-order valence-electron chi connectivity index (χ0n) is 26.7. The summed E-state index contributed by atoms with van der Waals surface area (Å²) in [4.78, 5) is 43.6. The summed E-state index contributed by atoms with van der Waals surface area (Å²) in [5, 5.41) is 5.75. The molecule has 3 aromatic carbocycles. The van der Waals surface area contributed by atoms with Gasteiger partial charge in [0, 0.05) is 35.8 Å². The van der Waals surface area contributed by atoms with Gasteiger partial charge in [-0.25, -0.2) is 22.9 Å². The number of rotatable bonds is 12. The number of ether oxygens (including phenoxy) is 1. The minimum absolute atomic E-state index is 0.0544. The van der Waals surface area contributed by atoms with E-state index in [1.807, 2.05) is 44.9 Å². The Kier molecular flexibility index (Phi) is 10.6. The number of hydrogen-bond donors (Lipinski definition) is 2. The first-order valence-electron chi connectivity index (χ1n) is 15.3. The molecule has 0 fully saturated rings. The summed E-state index contributed by atoms with van der Waals surface area (Å²) in [5.74, 6) is -1.58. The Morgan fingerprint density at radius 3 is 2.28 bits per heavy atom. The van der Waals surface area contributed by atoms with Crippen molar-refractivity contribution in [2.75, 3.05) is 32.1 Å². The Morgan fingerprint density at radius 1 is 0.957 bits per heavy atom. The lowest BCUT2D eigenvalue weighted by molar-refractivity contribution is 0.0628. The van der Waals surface area contributed by atoms with E-state index in [0.29, 0.717) is 52.9 Å². The Balaban J connectivity index is 1.75. The molecule has 0 saturated carbocycles. The molecule has 47 heavy (non-hydrogen) atoms. The topological polar surface area (TPSA) is 97.6 Å². The normalized spacial score (nSPS) is 11.5. The zero-order valence-corrected chi connectivity index (χ0v) is 27.5. The summed E-state index contributed by atoms with van der Waals surface area (Å²) in [6.07, 6.45) is 0.0544. The van der Waals surface area contributed by atoms with E-state index < -0.39 is 29.4 Å². The minimum Gasteiger partial charge on any atom is -0.377 e. The van der Waals surface area contributed by atoms with Crippen LogP contribution in [0, 0.1) is 11.6 Å². The van der Waals surface area contributed by atoms with Gasteiger partial charge in [0.05, 0.1) is 30.3 Å². The van der Waals surface area contributed by atoms with Gasteiger partial charge in [0.2, 0.25) is 0 Å². The highest BCUT2D eigenvalue weighted by atomic mass is 32.1. The number of nitrogens with zero attached hydrogens (tertiary/aromatic N) is 3. The lowest BCUT2D eigenvalue weighted by Gasteiger charge is -2.19. The molecule has 0 saturated heterocycles. The lowest BCUT2D eigenvalue weighted by Crippen LogP contribution is -2.39. The second-order valence-electron chi connectivity index (χ2n) is 11.4. The quantitative estimate of drug-likeness (QED) is 0.166. The summed E-state index contributed by atoms with van der Waals surface area (Å²) in [5.41, 5.74) is 0.801. The SMILES string of the molecule is CCNC(=O)Nc1ccc(-c2sc3c(c2CN(C)CCOC(C)C)c(=O)n(-c2ccccc2)c(=O)n3Cc2c(F)cccc2F)cc1. The molecule has 5 rings (SSSR count). The standard InChI is InChI=1S/C35H37F2N5O4S/c1-5-38-34(44)39-24-16-14-23(15-17-24)31-27(20-40(4)18-19-46-22(2)3)30-32(43)42(25-10-7-6-8-11-25)35(45)41(33(30)47-31)21-26-28(36)12-9-13-29(26)37/h6-17,22H,5,18-21H2,1-4H3,(H2,38,39,44). The van der Waals surface area contributed by atoms with E-state index in [1.54, 1.807) is 42.5 Å². The molecule has 0 aliphatic rings. The molecule has 0 radical (unpaired) electrons. The second kappa shape index (κ2) is 14.8. The summed E-state index contributed by atoms with van der Waals surface area (Å²) >= 11 is 1.21. The van der Waals surface area contributed by atoms with Gasteiger partial charge in [-0.1, -0.05) is 36.4 Å². The minimum atomic E-state index is -0.792. The average molecular weight is 662 g/mol. The number of urea groups is 1. The number of carbonyl (C=O) groups excluding carboxylic acids is 1. The van der Waals surface area contributed by atoms with Crippen molar-refractivity contribution in [3.05, 3.63) is 116 Å². The third-order valence-corrected chi connectivity index (χ3v) is 8.86. The van der Waals surface area contributed by atoms with E-state index in [9.17, 15) is 23.2 Å². The van der Waals surface area contributed by atoms with Gasteiger partial charge in [-0.15, -0.1) is 11.3 Å². The Morgan fingerprint density at radius 2 is 1.64 bits per heavy atom. The largest absolute Gasteiger partial charge is 0.377 e. The van der Waals surface area contributed by atoms with Crippen molar-refractivity contribution in [1.29, 1.82) is 0 Å². The Hall–Kier alpha value is -4.65. The molecule has 0 unspecified atom stereocenters. The van der Waals surface area contributed by atoms with Crippen LogP contribution in [0.5, 0.6) is 0 Å². The molecule has 0 aliphatic heterocycles. The van der Waals surface area contributed by atoms with Gasteiger partial charge in [0.1, 0.15) is 16.5 Å². The van der Waals surface area contributed by atoms with Crippen molar-refractivity contribution in [3.8, 4) is 16.1 Å². The molecule has 0 bridgehead atoms. The van der Waals surface area contributed by atoms with Crippen LogP contribution in [-0.4, -0.2) is 52.9 Å². The van der Waals surface area contributed by atoms with Gasteiger partial charge in [-0.3, -0.25) is 14.3 Å². The third kappa shape index (κ3) is 7.51. The number of carbonyl (C=O) groups is 1. The highest BCUT2D eigenvalue weighted by molar-refractivity contribution is 7.22. The number of anilines is 1. The predicted octanol–water partition coefficient (Wildman–Crippen LogP) is 6.21. The van der Waals surface area contributed by atoms with Crippen LogP contribution < -0.4 is 21.9 Å². The molecule has 0 aliphatic carbocycles. The van der Waals surface area contributed by atoms with Crippen LogP contribution in [0.15, 0.2) is 82.4 Å². The van der Waals surface area contributed by atoms with Crippen LogP contribution in [0.1, 0.15) is 31.9 Å². The molecular formula is C35H37F2N5O4S. The van der Waals surface area contributed by atoms with E-state index in [-0.39, 0.29) is 23.1 Å². The lowest BCUT2D eigenvalue weighted by atomic mass is 10.1. The number of thiophene rings is 1. The smallest absolute Gasteiger partial charge is 0.337 e. The molecule has 12 heteroatoms.